The standard InChI is InChI=1S/C14H22N2O4/c1-20-14(19)9-11-5-2-3-7-15(11)10-13(18)16-8-4-6-12(16)17/h11H,2-10H2,1H3. The molecule has 0 aromatic rings. The zero-order chi connectivity index (χ0) is 14.5. The summed E-state index contributed by atoms with van der Waals surface area (Å²) < 4.78 is 4.71. The van der Waals surface area contributed by atoms with E-state index in [4.69, 9.17) is 4.74 Å². The summed E-state index contributed by atoms with van der Waals surface area (Å²) in [6.45, 7) is 1.57. The first-order valence-corrected chi connectivity index (χ1v) is 7.26. The summed E-state index contributed by atoms with van der Waals surface area (Å²) in [4.78, 5) is 38.5. The lowest BCUT2D eigenvalue weighted by atomic mass is 9.99. The first kappa shape index (κ1) is 15.0. The topological polar surface area (TPSA) is 66.9 Å². The Kier molecular flexibility index (Phi) is 5.11. The van der Waals surface area contributed by atoms with Gasteiger partial charge in [0.15, 0.2) is 0 Å². The van der Waals surface area contributed by atoms with Crippen molar-refractivity contribution in [2.75, 3.05) is 26.7 Å². The first-order valence-electron chi connectivity index (χ1n) is 7.26. The first-order chi connectivity index (χ1) is 9.61. The number of esters is 1. The average molecular weight is 282 g/mol. The van der Waals surface area contributed by atoms with E-state index in [9.17, 15) is 14.4 Å². The fourth-order valence-corrected chi connectivity index (χ4v) is 2.95. The Hall–Kier alpha value is -1.43. The van der Waals surface area contributed by atoms with Gasteiger partial charge in [0.1, 0.15) is 0 Å². The molecule has 0 aromatic carbocycles. The molecule has 2 saturated heterocycles. The molecule has 0 N–H and O–H groups in total. The smallest absolute Gasteiger partial charge is 0.307 e. The minimum atomic E-state index is -0.244. The molecule has 20 heavy (non-hydrogen) atoms. The zero-order valence-electron chi connectivity index (χ0n) is 12.0. The van der Waals surface area contributed by atoms with Crippen molar-refractivity contribution in [3.63, 3.8) is 0 Å². The van der Waals surface area contributed by atoms with Gasteiger partial charge in [-0.25, -0.2) is 0 Å². The molecule has 2 amide bonds. The van der Waals surface area contributed by atoms with Crippen LogP contribution in [-0.2, 0) is 19.1 Å². The number of hydrogen-bond donors (Lipinski definition) is 0. The highest BCUT2D eigenvalue weighted by molar-refractivity contribution is 5.97. The molecule has 112 valence electrons. The van der Waals surface area contributed by atoms with Gasteiger partial charge in [-0.2, -0.15) is 0 Å². The lowest BCUT2D eigenvalue weighted by Crippen LogP contribution is -2.47. The van der Waals surface area contributed by atoms with Gasteiger partial charge in [0, 0.05) is 19.0 Å². The second-order valence-electron chi connectivity index (χ2n) is 5.44. The van der Waals surface area contributed by atoms with Crippen molar-refractivity contribution in [2.24, 2.45) is 0 Å². The van der Waals surface area contributed by atoms with Gasteiger partial charge in [0.25, 0.3) is 0 Å². The average Bonchev–Trinajstić information content (AvgIpc) is 2.87. The number of imide groups is 1. The third kappa shape index (κ3) is 3.56. The highest BCUT2D eigenvalue weighted by atomic mass is 16.5. The highest BCUT2D eigenvalue weighted by Gasteiger charge is 2.31. The molecular weight excluding hydrogens is 260 g/mol. The van der Waals surface area contributed by atoms with Crippen molar-refractivity contribution in [3.05, 3.63) is 0 Å². The Labute approximate surface area is 119 Å². The molecule has 2 fully saturated rings. The van der Waals surface area contributed by atoms with Gasteiger partial charge in [-0.1, -0.05) is 6.42 Å². The maximum Gasteiger partial charge on any atom is 0.307 e. The largest absolute Gasteiger partial charge is 0.469 e. The van der Waals surface area contributed by atoms with Gasteiger partial charge in [-0.05, 0) is 25.8 Å². The quantitative estimate of drug-likeness (QED) is 0.705. The maximum atomic E-state index is 12.2. The van der Waals surface area contributed by atoms with Crippen LogP contribution in [0.15, 0.2) is 0 Å². The van der Waals surface area contributed by atoms with E-state index >= 15 is 0 Å². The molecule has 0 bridgehead atoms. The van der Waals surface area contributed by atoms with Gasteiger partial charge in [-0.15, -0.1) is 0 Å². The van der Waals surface area contributed by atoms with E-state index in [1.54, 1.807) is 0 Å². The zero-order valence-corrected chi connectivity index (χ0v) is 12.0. The van der Waals surface area contributed by atoms with Gasteiger partial charge >= 0.3 is 5.97 Å². The Bertz CT molecular complexity index is 397. The van der Waals surface area contributed by atoms with E-state index in [2.05, 4.69) is 0 Å². The monoisotopic (exact) mass is 282 g/mol. The third-order valence-corrected chi connectivity index (χ3v) is 4.09. The van der Waals surface area contributed by atoms with Crippen LogP contribution in [0.4, 0.5) is 0 Å². The molecule has 0 radical (unpaired) electrons. The molecular formula is C14H22N2O4. The molecule has 2 rings (SSSR count). The molecule has 6 heteroatoms. The number of carbonyl (C=O) groups excluding carboxylic acids is 3. The van der Waals surface area contributed by atoms with Crippen molar-refractivity contribution in [2.45, 2.75) is 44.6 Å². The summed E-state index contributed by atoms with van der Waals surface area (Å²) in [5.41, 5.74) is 0. The second-order valence-corrected chi connectivity index (χ2v) is 5.44. The van der Waals surface area contributed by atoms with Crippen LogP contribution in [0, 0.1) is 0 Å². The molecule has 0 saturated carbocycles. The van der Waals surface area contributed by atoms with Gasteiger partial charge in [-0.3, -0.25) is 24.2 Å². The van der Waals surface area contributed by atoms with Crippen molar-refractivity contribution in [3.8, 4) is 0 Å². The van der Waals surface area contributed by atoms with Crippen LogP contribution in [0.1, 0.15) is 38.5 Å². The number of rotatable bonds is 4. The Morgan fingerprint density at radius 2 is 2.05 bits per heavy atom. The molecule has 0 aromatic heterocycles. The normalized spacial score (nSPS) is 23.9. The van der Waals surface area contributed by atoms with Crippen LogP contribution < -0.4 is 0 Å². The van der Waals surface area contributed by atoms with Crippen molar-refractivity contribution in [1.29, 1.82) is 0 Å². The van der Waals surface area contributed by atoms with Gasteiger partial charge in [0.2, 0.25) is 11.8 Å². The van der Waals surface area contributed by atoms with E-state index in [0.717, 1.165) is 32.2 Å². The number of piperidine rings is 1. The van der Waals surface area contributed by atoms with Crippen LogP contribution in [0.5, 0.6) is 0 Å². The fourth-order valence-electron chi connectivity index (χ4n) is 2.95. The Morgan fingerprint density at radius 1 is 1.25 bits per heavy atom. The molecule has 6 nitrogen and oxygen atoms in total. The second kappa shape index (κ2) is 6.83. The van der Waals surface area contributed by atoms with Gasteiger partial charge < -0.3 is 4.74 Å². The summed E-state index contributed by atoms with van der Waals surface area (Å²) in [5, 5.41) is 0. The predicted molar refractivity (Wildman–Crippen MR) is 71.8 cm³/mol. The molecule has 2 aliphatic heterocycles. The number of amides is 2. The summed E-state index contributed by atoms with van der Waals surface area (Å²) in [6, 6.07) is 0.0536. The number of ether oxygens (including phenoxy) is 1. The summed E-state index contributed by atoms with van der Waals surface area (Å²) in [5.74, 6) is -0.451. The summed E-state index contributed by atoms with van der Waals surface area (Å²) in [6.07, 6.45) is 4.54. The number of carbonyl (C=O) groups is 3. The summed E-state index contributed by atoms with van der Waals surface area (Å²) in [7, 11) is 1.38. The van der Waals surface area contributed by atoms with Gasteiger partial charge in [0.05, 0.1) is 20.1 Å². The van der Waals surface area contributed by atoms with E-state index in [1.807, 2.05) is 4.90 Å². The minimum Gasteiger partial charge on any atom is -0.469 e. The van der Waals surface area contributed by atoms with Crippen molar-refractivity contribution < 1.29 is 19.1 Å². The Balaban J connectivity index is 1.92. The van der Waals surface area contributed by atoms with Crippen LogP contribution in [-0.4, -0.2) is 60.4 Å². The van der Waals surface area contributed by atoms with Crippen LogP contribution in [0.2, 0.25) is 0 Å². The lowest BCUT2D eigenvalue weighted by molar-refractivity contribution is -0.146. The summed E-state index contributed by atoms with van der Waals surface area (Å²) >= 11 is 0. The van der Waals surface area contributed by atoms with Crippen molar-refractivity contribution >= 4 is 17.8 Å². The van der Waals surface area contributed by atoms with E-state index < -0.39 is 0 Å². The molecule has 0 aliphatic carbocycles. The van der Waals surface area contributed by atoms with Crippen LogP contribution in [0.25, 0.3) is 0 Å². The Morgan fingerprint density at radius 3 is 2.70 bits per heavy atom. The molecule has 2 aliphatic rings. The molecule has 1 atom stereocenters. The van der Waals surface area contributed by atoms with E-state index in [0.29, 0.717) is 19.4 Å². The lowest BCUT2D eigenvalue weighted by Gasteiger charge is -2.35. The van der Waals surface area contributed by atoms with E-state index in [1.165, 1.54) is 12.0 Å². The molecule has 0 spiro atoms. The van der Waals surface area contributed by atoms with Crippen molar-refractivity contribution in [1.82, 2.24) is 9.80 Å². The minimum absolute atomic E-state index is 0.0536. The predicted octanol–water partition coefficient (Wildman–Crippen LogP) is 0.553. The molecule has 1 unspecified atom stereocenters. The SMILES string of the molecule is COC(=O)CC1CCCCN1CC(=O)N1CCCC1=O. The highest BCUT2D eigenvalue weighted by Crippen LogP contribution is 2.21. The van der Waals surface area contributed by atoms with E-state index in [-0.39, 0.29) is 30.4 Å². The maximum absolute atomic E-state index is 12.2. The number of methoxy groups -OCH3 is 1. The number of likely N-dealkylation sites (tertiary alicyclic amines) is 2. The molecule has 2 heterocycles. The van der Waals surface area contributed by atoms with Crippen LogP contribution in [0.3, 0.4) is 0 Å². The fraction of sp³-hybridized carbons (Fsp3) is 0.786. The van der Waals surface area contributed by atoms with Crippen LogP contribution >= 0.6 is 0 Å². The number of nitrogens with zero attached hydrogens (tertiary/aromatic N) is 2. The number of hydrogen-bond acceptors (Lipinski definition) is 5. The third-order valence-electron chi connectivity index (χ3n) is 4.09.